The molecule has 0 aromatic heterocycles. The van der Waals surface area contributed by atoms with E-state index in [9.17, 15) is 14.4 Å². The lowest BCUT2D eigenvalue weighted by molar-refractivity contribution is -0.167. The molecule has 0 aliphatic rings. The molecule has 0 saturated heterocycles. The molecule has 0 spiro atoms. The maximum absolute atomic E-state index is 12.9. The number of ether oxygens (including phenoxy) is 3. The molecule has 0 aromatic rings. The summed E-state index contributed by atoms with van der Waals surface area (Å²) in [5.41, 5.74) is 0. The molecule has 0 aliphatic heterocycles. The van der Waals surface area contributed by atoms with E-state index in [2.05, 4.69) is 34.6 Å². The lowest BCUT2D eigenvalue weighted by Crippen LogP contribution is -2.30. The van der Waals surface area contributed by atoms with Gasteiger partial charge in [0.05, 0.1) is 0 Å². The lowest BCUT2D eigenvalue weighted by Gasteiger charge is -2.18. The summed E-state index contributed by atoms with van der Waals surface area (Å²) in [6, 6.07) is 0. The first-order valence-electron chi connectivity index (χ1n) is 31.8. The fourth-order valence-electron chi connectivity index (χ4n) is 9.87. The van der Waals surface area contributed by atoms with Gasteiger partial charge < -0.3 is 14.2 Å². The smallest absolute Gasteiger partial charge is 0.306 e. The van der Waals surface area contributed by atoms with Gasteiger partial charge in [-0.05, 0) is 31.1 Å². The van der Waals surface area contributed by atoms with E-state index >= 15 is 0 Å². The van der Waals surface area contributed by atoms with Crippen LogP contribution in [-0.4, -0.2) is 37.2 Å². The average Bonchev–Trinajstić information content (AvgIpc) is 3.36. The third kappa shape index (κ3) is 54.2. The summed E-state index contributed by atoms with van der Waals surface area (Å²) in [6.07, 6.45) is 62.4. The quantitative estimate of drug-likeness (QED) is 0.0343. The lowest BCUT2D eigenvalue weighted by atomic mass is 9.99. The van der Waals surface area contributed by atoms with E-state index < -0.39 is 6.10 Å². The van der Waals surface area contributed by atoms with Crippen LogP contribution in [0.25, 0.3) is 0 Å². The summed E-state index contributed by atoms with van der Waals surface area (Å²) >= 11 is 0. The first kappa shape index (κ1) is 68.4. The van der Waals surface area contributed by atoms with Crippen LogP contribution in [0.4, 0.5) is 0 Å². The Labute approximate surface area is 438 Å². The molecule has 0 aromatic carbocycles. The van der Waals surface area contributed by atoms with E-state index in [0.717, 1.165) is 69.6 Å². The predicted molar refractivity (Wildman–Crippen MR) is 303 cm³/mol. The van der Waals surface area contributed by atoms with E-state index in [1.54, 1.807) is 0 Å². The zero-order valence-corrected chi connectivity index (χ0v) is 48.2. The Bertz CT molecular complexity index is 1080. The van der Waals surface area contributed by atoms with Gasteiger partial charge in [0.1, 0.15) is 13.2 Å². The second-order valence-electron chi connectivity index (χ2n) is 22.5. The van der Waals surface area contributed by atoms with Crippen molar-refractivity contribution in [2.75, 3.05) is 13.2 Å². The molecule has 0 rings (SSSR count). The zero-order valence-electron chi connectivity index (χ0n) is 48.2. The molecule has 3 atom stereocenters. The van der Waals surface area contributed by atoms with Crippen LogP contribution < -0.4 is 0 Å². The van der Waals surface area contributed by atoms with Gasteiger partial charge in [-0.15, -0.1) is 0 Å². The first-order valence-corrected chi connectivity index (χ1v) is 31.8. The number of esters is 3. The third-order valence-electron chi connectivity index (χ3n) is 15.4. The van der Waals surface area contributed by atoms with Gasteiger partial charge in [0, 0.05) is 19.3 Å². The monoisotopic (exact) mass is 989 g/mol. The molecule has 6 heteroatoms. The van der Waals surface area contributed by atoms with Crippen molar-refractivity contribution in [1.82, 2.24) is 0 Å². The van der Waals surface area contributed by atoms with Crippen LogP contribution in [0.2, 0.25) is 0 Å². The summed E-state index contributed by atoms with van der Waals surface area (Å²) in [7, 11) is 0. The molecular weight excluding hydrogens is 865 g/mol. The Morgan fingerprint density at radius 1 is 0.286 bits per heavy atom. The van der Waals surface area contributed by atoms with Gasteiger partial charge in [-0.1, -0.05) is 324 Å². The average molecular weight is 990 g/mol. The standard InChI is InChI=1S/C64H124O6/c1-6-9-10-11-12-13-14-15-16-17-21-24-27-30-33-39-44-49-54-62(65)68-57-61(58-69-63(66)55-50-45-40-36-35-38-43-48-53-60(5)8-3)70-64(67)56-51-46-41-34-31-28-25-22-19-18-20-23-26-29-32-37-42-47-52-59(4)7-2/h59-61H,6-58H2,1-5H3/t59?,60?,61-/m0/s1. The van der Waals surface area contributed by atoms with Crippen LogP contribution in [0.5, 0.6) is 0 Å². The maximum Gasteiger partial charge on any atom is 0.306 e. The molecule has 0 N–H and O–H groups in total. The zero-order chi connectivity index (χ0) is 51.1. The Hall–Kier alpha value is -1.59. The highest BCUT2D eigenvalue weighted by Gasteiger charge is 2.19. The van der Waals surface area contributed by atoms with Crippen molar-refractivity contribution < 1.29 is 28.6 Å². The minimum absolute atomic E-state index is 0.0624. The fraction of sp³-hybridized carbons (Fsp3) is 0.953. The molecule has 0 heterocycles. The highest BCUT2D eigenvalue weighted by Crippen LogP contribution is 2.19. The van der Waals surface area contributed by atoms with Crippen molar-refractivity contribution in [3.63, 3.8) is 0 Å². The number of hydrogen-bond donors (Lipinski definition) is 0. The van der Waals surface area contributed by atoms with Crippen LogP contribution in [0.1, 0.15) is 362 Å². The molecule has 0 amide bonds. The van der Waals surface area contributed by atoms with Gasteiger partial charge in [-0.3, -0.25) is 14.4 Å². The van der Waals surface area contributed by atoms with Crippen molar-refractivity contribution in [2.45, 2.75) is 368 Å². The number of carbonyl (C=O) groups excluding carboxylic acids is 3. The summed E-state index contributed by atoms with van der Waals surface area (Å²) < 4.78 is 16.9. The molecule has 0 saturated carbocycles. The van der Waals surface area contributed by atoms with E-state index in [0.29, 0.717) is 19.3 Å². The largest absolute Gasteiger partial charge is 0.462 e. The molecule has 0 bridgehead atoms. The van der Waals surface area contributed by atoms with Gasteiger partial charge in [-0.25, -0.2) is 0 Å². The summed E-state index contributed by atoms with van der Waals surface area (Å²) in [6.45, 7) is 11.5. The van der Waals surface area contributed by atoms with Gasteiger partial charge in [0.2, 0.25) is 0 Å². The number of unbranched alkanes of at least 4 members (excludes halogenated alkanes) is 41. The Morgan fingerprint density at radius 2 is 0.500 bits per heavy atom. The fourth-order valence-corrected chi connectivity index (χ4v) is 9.87. The van der Waals surface area contributed by atoms with Crippen molar-refractivity contribution in [3.8, 4) is 0 Å². The van der Waals surface area contributed by atoms with Gasteiger partial charge in [0.15, 0.2) is 6.10 Å². The van der Waals surface area contributed by atoms with Crippen molar-refractivity contribution >= 4 is 17.9 Å². The third-order valence-corrected chi connectivity index (χ3v) is 15.4. The molecule has 2 unspecified atom stereocenters. The Kier molecular flexibility index (Phi) is 55.4. The summed E-state index contributed by atoms with van der Waals surface area (Å²) in [4.78, 5) is 38.3. The minimum atomic E-state index is -0.764. The highest BCUT2D eigenvalue weighted by atomic mass is 16.6. The summed E-state index contributed by atoms with van der Waals surface area (Å²) in [5.74, 6) is 0.922. The molecule has 6 nitrogen and oxygen atoms in total. The normalized spacial score (nSPS) is 12.8. The second kappa shape index (κ2) is 56.7. The van der Waals surface area contributed by atoms with Crippen LogP contribution in [-0.2, 0) is 28.6 Å². The first-order chi connectivity index (χ1) is 34.3. The molecule has 70 heavy (non-hydrogen) atoms. The van der Waals surface area contributed by atoms with E-state index in [-0.39, 0.29) is 31.1 Å². The van der Waals surface area contributed by atoms with Crippen molar-refractivity contribution in [2.24, 2.45) is 11.8 Å². The number of rotatable bonds is 58. The Morgan fingerprint density at radius 3 is 0.743 bits per heavy atom. The van der Waals surface area contributed by atoms with E-state index in [4.69, 9.17) is 14.2 Å². The van der Waals surface area contributed by atoms with E-state index in [1.165, 1.54) is 250 Å². The van der Waals surface area contributed by atoms with Gasteiger partial charge in [-0.2, -0.15) is 0 Å². The number of carbonyl (C=O) groups is 3. The van der Waals surface area contributed by atoms with Crippen LogP contribution in [0.15, 0.2) is 0 Å². The summed E-state index contributed by atoms with van der Waals surface area (Å²) in [5, 5.41) is 0. The molecule has 0 radical (unpaired) electrons. The molecular formula is C64H124O6. The highest BCUT2D eigenvalue weighted by molar-refractivity contribution is 5.71. The van der Waals surface area contributed by atoms with Crippen LogP contribution in [0, 0.1) is 11.8 Å². The molecule has 416 valence electrons. The Balaban J connectivity index is 4.24. The second-order valence-corrected chi connectivity index (χ2v) is 22.5. The topological polar surface area (TPSA) is 78.9 Å². The SMILES string of the molecule is CCCCCCCCCCCCCCCCCCCCC(=O)OC[C@@H](COC(=O)CCCCCCCCCCC(C)CC)OC(=O)CCCCCCCCCCCCCCCCCCCCC(C)CC. The molecule has 0 fully saturated rings. The van der Waals surface area contributed by atoms with Crippen molar-refractivity contribution in [3.05, 3.63) is 0 Å². The molecule has 0 aliphatic carbocycles. The van der Waals surface area contributed by atoms with Crippen LogP contribution >= 0.6 is 0 Å². The van der Waals surface area contributed by atoms with Crippen LogP contribution in [0.3, 0.4) is 0 Å². The van der Waals surface area contributed by atoms with Gasteiger partial charge >= 0.3 is 17.9 Å². The van der Waals surface area contributed by atoms with E-state index in [1.807, 2.05) is 0 Å². The van der Waals surface area contributed by atoms with Crippen molar-refractivity contribution in [1.29, 1.82) is 0 Å². The predicted octanol–water partition coefficient (Wildman–Crippen LogP) is 21.2. The minimum Gasteiger partial charge on any atom is -0.462 e. The van der Waals surface area contributed by atoms with Gasteiger partial charge in [0.25, 0.3) is 0 Å². The maximum atomic E-state index is 12.9. The number of hydrogen-bond acceptors (Lipinski definition) is 6.